The minimum absolute atomic E-state index is 0.118. The highest BCUT2D eigenvalue weighted by Gasteiger charge is 2.43. The van der Waals surface area contributed by atoms with Gasteiger partial charge in [0.2, 0.25) is 5.91 Å². The molecular formula is C16H19N3O4. The van der Waals surface area contributed by atoms with E-state index in [1.54, 1.807) is 13.0 Å². The molecule has 1 atom stereocenters. The molecule has 2 aliphatic rings. The molecule has 3 rings (SSSR count). The minimum atomic E-state index is -0.518. The topological polar surface area (TPSA) is 83.8 Å². The fourth-order valence-electron chi connectivity index (χ4n) is 3.34. The van der Waals surface area contributed by atoms with E-state index >= 15 is 0 Å². The zero-order valence-corrected chi connectivity index (χ0v) is 13.0. The van der Waals surface area contributed by atoms with Gasteiger partial charge in [-0.1, -0.05) is 12.5 Å². The summed E-state index contributed by atoms with van der Waals surface area (Å²) in [5.74, 6) is -0.547. The number of anilines is 1. The molecule has 0 saturated carbocycles. The lowest BCUT2D eigenvalue weighted by Gasteiger charge is -2.30. The maximum Gasteiger partial charge on any atom is 0.271 e. The molecule has 2 saturated heterocycles. The maximum atomic E-state index is 12.7. The standard InChI is InChI=1S/C16H19N3O4/c1-11-5-6-12(19(22)23)9-13(11)18-15(20)10-14(16(18)21)17-7-3-2-4-8-17/h5-6,9,14H,2-4,7-8,10H2,1H3. The number of nitro groups is 1. The second-order valence-electron chi connectivity index (χ2n) is 6.11. The molecule has 7 nitrogen and oxygen atoms in total. The minimum Gasteiger partial charge on any atom is -0.292 e. The van der Waals surface area contributed by atoms with E-state index in [9.17, 15) is 19.7 Å². The number of rotatable bonds is 3. The van der Waals surface area contributed by atoms with E-state index in [0.29, 0.717) is 11.3 Å². The molecule has 0 aromatic heterocycles. The molecule has 0 aliphatic carbocycles. The molecule has 2 heterocycles. The Kier molecular flexibility index (Phi) is 4.12. The second kappa shape index (κ2) is 6.08. The molecule has 0 N–H and O–H groups in total. The SMILES string of the molecule is Cc1ccc([N+](=O)[O-])cc1N1C(=O)CC(N2CCCCC2)C1=O. The highest BCUT2D eigenvalue weighted by atomic mass is 16.6. The van der Waals surface area contributed by atoms with Gasteiger partial charge in [-0.25, -0.2) is 4.90 Å². The molecule has 0 spiro atoms. The van der Waals surface area contributed by atoms with Crippen LogP contribution in [0.4, 0.5) is 11.4 Å². The highest BCUT2D eigenvalue weighted by Crippen LogP contribution is 2.32. The molecular weight excluding hydrogens is 298 g/mol. The number of nitrogens with zero attached hydrogens (tertiary/aromatic N) is 3. The van der Waals surface area contributed by atoms with Crippen molar-refractivity contribution in [1.82, 2.24) is 4.90 Å². The normalized spacial score (nSPS) is 22.7. The van der Waals surface area contributed by atoms with Gasteiger partial charge in [0.25, 0.3) is 11.6 Å². The Hall–Kier alpha value is -2.28. The van der Waals surface area contributed by atoms with Gasteiger partial charge < -0.3 is 0 Å². The third kappa shape index (κ3) is 2.84. The molecule has 0 bridgehead atoms. The zero-order chi connectivity index (χ0) is 16.6. The summed E-state index contributed by atoms with van der Waals surface area (Å²) in [4.78, 5) is 38.8. The molecule has 1 aromatic rings. The zero-order valence-electron chi connectivity index (χ0n) is 13.0. The van der Waals surface area contributed by atoms with E-state index in [1.165, 1.54) is 12.1 Å². The van der Waals surface area contributed by atoms with Gasteiger partial charge >= 0.3 is 0 Å². The predicted octanol–water partition coefficient (Wildman–Crippen LogP) is 2.02. The lowest BCUT2D eigenvalue weighted by Crippen LogP contribution is -2.44. The number of piperidine rings is 1. The third-order valence-corrected chi connectivity index (χ3v) is 4.60. The van der Waals surface area contributed by atoms with Gasteiger partial charge in [0.15, 0.2) is 0 Å². The maximum absolute atomic E-state index is 12.7. The van der Waals surface area contributed by atoms with E-state index in [2.05, 4.69) is 4.90 Å². The molecule has 7 heteroatoms. The smallest absolute Gasteiger partial charge is 0.271 e. The number of hydrogen-bond donors (Lipinski definition) is 0. The molecule has 2 aliphatic heterocycles. The number of carbonyl (C=O) groups is 2. The predicted molar refractivity (Wildman–Crippen MR) is 84.2 cm³/mol. The van der Waals surface area contributed by atoms with Crippen molar-refractivity contribution in [3.8, 4) is 0 Å². The third-order valence-electron chi connectivity index (χ3n) is 4.60. The van der Waals surface area contributed by atoms with Crippen molar-refractivity contribution in [3.63, 3.8) is 0 Å². The monoisotopic (exact) mass is 317 g/mol. The number of hydrogen-bond acceptors (Lipinski definition) is 5. The number of non-ortho nitro benzene ring substituents is 1. The molecule has 2 amide bonds. The Labute approximate surface area is 134 Å². The van der Waals surface area contributed by atoms with Gasteiger partial charge in [0.05, 0.1) is 23.1 Å². The number of carbonyl (C=O) groups excluding carboxylic acids is 2. The second-order valence-corrected chi connectivity index (χ2v) is 6.11. The van der Waals surface area contributed by atoms with Crippen LogP contribution in [-0.2, 0) is 9.59 Å². The number of aryl methyl sites for hydroxylation is 1. The molecule has 2 fully saturated rings. The summed E-state index contributed by atoms with van der Waals surface area (Å²) in [6.07, 6.45) is 3.38. The average molecular weight is 317 g/mol. The Balaban J connectivity index is 1.91. The fourth-order valence-corrected chi connectivity index (χ4v) is 3.34. The summed E-state index contributed by atoms with van der Waals surface area (Å²) in [6, 6.07) is 3.83. The summed E-state index contributed by atoms with van der Waals surface area (Å²) in [5, 5.41) is 11.0. The number of imide groups is 1. The van der Waals surface area contributed by atoms with Crippen LogP contribution in [0.25, 0.3) is 0 Å². The average Bonchev–Trinajstić information content (AvgIpc) is 2.83. The van der Waals surface area contributed by atoms with Gasteiger partial charge in [-0.2, -0.15) is 0 Å². The van der Waals surface area contributed by atoms with Crippen molar-refractivity contribution in [2.45, 2.75) is 38.6 Å². The van der Waals surface area contributed by atoms with E-state index in [-0.39, 0.29) is 23.9 Å². The van der Waals surface area contributed by atoms with E-state index in [1.807, 2.05) is 0 Å². The fraction of sp³-hybridized carbons (Fsp3) is 0.500. The largest absolute Gasteiger partial charge is 0.292 e. The summed E-state index contributed by atoms with van der Waals surface area (Å²) in [5.41, 5.74) is 0.887. The Morgan fingerprint density at radius 3 is 2.52 bits per heavy atom. The van der Waals surface area contributed by atoms with Crippen molar-refractivity contribution < 1.29 is 14.5 Å². The van der Waals surface area contributed by atoms with Crippen LogP contribution in [0.1, 0.15) is 31.2 Å². The van der Waals surface area contributed by atoms with Crippen LogP contribution in [0, 0.1) is 17.0 Å². The first kappa shape index (κ1) is 15.6. The van der Waals surface area contributed by atoms with Crippen molar-refractivity contribution in [1.29, 1.82) is 0 Å². The van der Waals surface area contributed by atoms with Crippen LogP contribution >= 0.6 is 0 Å². The first-order valence-electron chi connectivity index (χ1n) is 7.85. The first-order valence-corrected chi connectivity index (χ1v) is 7.85. The molecule has 1 aromatic carbocycles. The van der Waals surface area contributed by atoms with Crippen LogP contribution in [0.15, 0.2) is 18.2 Å². The number of nitro benzene ring substituents is 1. The lowest BCUT2D eigenvalue weighted by atomic mass is 10.1. The highest BCUT2D eigenvalue weighted by molar-refractivity contribution is 6.22. The Bertz CT molecular complexity index is 667. The number of benzene rings is 1. The van der Waals surface area contributed by atoms with Crippen LogP contribution in [0.2, 0.25) is 0 Å². The van der Waals surface area contributed by atoms with Crippen LogP contribution in [-0.4, -0.2) is 40.8 Å². The molecule has 23 heavy (non-hydrogen) atoms. The van der Waals surface area contributed by atoms with E-state index < -0.39 is 11.0 Å². The number of likely N-dealkylation sites (tertiary alicyclic amines) is 1. The Morgan fingerprint density at radius 2 is 1.87 bits per heavy atom. The van der Waals surface area contributed by atoms with Gasteiger partial charge in [0, 0.05) is 12.1 Å². The van der Waals surface area contributed by atoms with Crippen LogP contribution < -0.4 is 4.90 Å². The van der Waals surface area contributed by atoms with Crippen molar-refractivity contribution in [2.24, 2.45) is 0 Å². The first-order chi connectivity index (χ1) is 11.0. The van der Waals surface area contributed by atoms with Gasteiger partial charge in [-0.05, 0) is 38.4 Å². The molecule has 122 valence electrons. The van der Waals surface area contributed by atoms with Crippen molar-refractivity contribution >= 4 is 23.2 Å². The number of amides is 2. The molecule has 1 unspecified atom stereocenters. The summed E-state index contributed by atoms with van der Waals surface area (Å²) >= 11 is 0. The van der Waals surface area contributed by atoms with Crippen molar-refractivity contribution in [2.75, 3.05) is 18.0 Å². The Morgan fingerprint density at radius 1 is 1.17 bits per heavy atom. The lowest BCUT2D eigenvalue weighted by molar-refractivity contribution is -0.384. The van der Waals surface area contributed by atoms with Crippen LogP contribution in [0.3, 0.4) is 0 Å². The summed E-state index contributed by atoms with van der Waals surface area (Å²) < 4.78 is 0. The van der Waals surface area contributed by atoms with Crippen LogP contribution in [0.5, 0.6) is 0 Å². The van der Waals surface area contributed by atoms with E-state index in [4.69, 9.17) is 0 Å². The van der Waals surface area contributed by atoms with E-state index in [0.717, 1.165) is 37.3 Å². The molecule has 0 radical (unpaired) electrons. The van der Waals surface area contributed by atoms with Gasteiger partial charge in [-0.3, -0.25) is 24.6 Å². The van der Waals surface area contributed by atoms with Gasteiger partial charge in [0.1, 0.15) is 0 Å². The quantitative estimate of drug-likeness (QED) is 0.484. The van der Waals surface area contributed by atoms with Crippen molar-refractivity contribution in [3.05, 3.63) is 33.9 Å². The summed E-state index contributed by atoms with van der Waals surface area (Å²) in [6.45, 7) is 3.39. The van der Waals surface area contributed by atoms with Gasteiger partial charge in [-0.15, -0.1) is 0 Å². The summed E-state index contributed by atoms with van der Waals surface area (Å²) in [7, 11) is 0.